The van der Waals surface area contributed by atoms with Crippen LogP contribution in [0.4, 0.5) is 0 Å². The predicted molar refractivity (Wildman–Crippen MR) is 55.7 cm³/mol. The maximum atomic E-state index is 8.57. The standard InChI is InChI=1S/C10H14N2O3/c11-10(12-14)9-4-2-1-3-8(9)7-15-6-5-13/h1-4,13-14H,5-7H2,(H2,11,12). The SMILES string of the molecule is N/C(=N\O)c1ccccc1COCCO. The molecular formula is C10H14N2O3. The van der Waals surface area contributed by atoms with Crippen molar-refractivity contribution in [2.75, 3.05) is 13.2 Å². The van der Waals surface area contributed by atoms with Crippen LogP contribution < -0.4 is 5.73 Å². The normalized spacial score (nSPS) is 11.7. The molecule has 0 aliphatic rings. The Bertz CT molecular complexity index is 339. The first-order chi connectivity index (χ1) is 7.29. The third-order valence-corrected chi connectivity index (χ3v) is 1.89. The average Bonchev–Trinajstić information content (AvgIpc) is 2.29. The molecule has 0 aromatic heterocycles. The van der Waals surface area contributed by atoms with Gasteiger partial charge in [0, 0.05) is 5.56 Å². The topological polar surface area (TPSA) is 88.1 Å². The quantitative estimate of drug-likeness (QED) is 0.214. The van der Waals surface area contributed by atoms with E-state index in [0.29, 0.717) is 12.2 Å². The Kier molecular flexibility index (Phi) is 4.59. The van der Waals surface area contributed by atoms with Crippen molar-refractivity contribution in [2.24, 2.45) is 10.9 Å². The summed E-state index contributed by atoms with van der Waals surface area (Å²) in [5.41, 5.74) is 6.95. The molecule has 0 amide bonds. The summed E-state index contributed by atoms with van der Waals surface area (Å²) in [5, 5.41) is 20.1. The van der Waals surface area contributed by atoms with Crippen LogP contribution in [0.1, 0.15) is 11.1 Å². The van der Waals surface area contributed by atoms with E-state index in [2.05, 4.69) is 5.16 Å². The summed E-state index contributed by atoms with van der Waals surface area (Å²) in [4.78, 5) is 0. The Morgan fingerprint density at radius 3 is 2.80 bits per heavy atom. The zero-order chi connectivity index (χ0) is 11.1. The number of nitrogens with two attached hydrogens (primary N) is 1. The summed E-state index contributed by atoms with van der Waals surface area (Å²) < 4.78 is 5.16. The second kappa shape index (κ2) is 6.00. The molecule has 0 aliphatic carbocycles. The van der Waals surface area contributed by atoms with Crippen LogP contribution >= 0.6 is 0 Å². The van der Waals surface area contributed by atoms with Crippen molar-refractivity contribution in [3.05, 3.63) is 35.4 Å². The van der Waals surface area contributed by atoms with E-state index in [1.165, 1.54) is 0 Å². The fraction of sp³-hybridized carbons (Fsp3) is 0.300. The molecule has 0 radical (unpaired) electrons. The molecule has 1 rings (SSSR count). The van der Waals surface area contributed by atoms with Crippen LogP contribution in [0.5, 0.6) is 0 Å². The van der Waals surface area contributed by atoms with Gasteiger partial charge in [0.05, 0.1) is 19.8 Å². The van der Waals surface area contributed by atoms with Gasteiger partial charge >= 0.3 is 0 Å². The van der Waals surface area contributed by atoms with Crippen molar-refractivity contribution in [2.45, 2.75) is 6.61 Å². The third kappa shape index (κ3) is 3.23. The number of ether oxygens (including phenoxy) is 1. The number of nitrogens with zero attached hydrogens (tertiary/aromatic N) is 1. The molecule has 5 nitrogen and oxygen atoms in total. The summed E-state index contributed by atoms with van der Waals surface area (Å²) >= 11 is 0. The molecule has 0 saturated carbocycles. The van der Waals surface area contributed by atoms with E-state index in [-0.39, 0.29) is 19.0 Å². The molecule has 0 heterocycles. The Hall–Kier alpha value is -1.59. The largest absolute Gasteiger partial charge is 0.409 e. The summed E-state index contributed by atoms with van der Waals surface area (Å²) in [6.45, 7) is 0.573. The lowest BCUT2D eigenvalue weighted by Crippen LogP contribution is -2.16. The number of aliphatic hydroxyl groups excluding tert-OH is 1. The lowest BCUT2D eigenvalue weighted by molar-refractivity contribution is 0.0815. The molecule has 5 heteroatoms. The van der Waals surface area contributed by atoms with Crippen molar-refractivity contribution in [1.82, 2.24) is 0 Å². The predicted octanol–water partition coefficient (Wildman–Crippen LogP) is 0.290. The van der Waals surface area contributed by atoms with E-state index in [1.807, 2.05) is 12.1 Å². The van der Waals surface area contributed by atoms with Gasteiger partial charge in [-0.2, -0.15) is 0 Å². The summed E-state index contributed by atoms with van der Waals surface area (Å²) in [5.74, 6) is 0.0539. The molecule has 1 aromatic carbocycles. The van der Waals surface area contributed by atoms with E-state index < -0.39 is 0 Å². The van der Waals surface area contributed by atoms with Crippen LogP contribution in [0, 0.1) is 0 Å². The highest BCUT2D eigenvalue weighted by Crippen LogP contribution is 2.09. The van der Waals surface area contributed by atoms with Crippen LogP contribution in [0.3, 0.4) is 0 Å². The maximum absolute atomic E-state index is 8.57. The van der Waals surface area contributed by atoms with Gasteiger partial charge in [-0.1, -0.05) is 29.4 Å². The molecule has 0 unspecified atom stereocenters. The van der Waals surface area contributed by atoms with Crippen molar-refractivity contribution < 1.29 is 15.1 Å². The van der Waals surface area contributed by atoms with Gasteiger partial charge in [-0.15, -0.1) is 0 Å². The molecular weight excluding hydrogens is 196 g/mol. The van der Waals surface area contributed by atoms with Crippen molar-refractivity contribution in [3.8, 4) is 0 Å². The molecule has 1 aromatic rings. The molecule has 0 fully saturated rings. The average molecular weight is 210 g/mol. The van der Waals surface area contributed by atoms with E-state index in [1.54, 1.807) is 12.1 Å². The van der Waals surface area contributed by atoms with E-state index >= 15 is 0 Å². The minimum absolute atomic E-state index is 0.0221. The minimum atomic E-state index is -0.0221. The lowest BCUT2D eigenvalue weighted by atomic mass is 10.1. The highest BCUT2D eigenvalue weighted by molar-refractivity contribution is 5.98. The summed E-state index contributed by atoms with van der Waals surface area (Å²) in [6.07, 6.45) is 0. The first-order valence-electron chi connectivity index (χ1n) is 4.54. The molecule has 15 heavy (non-hydrogen) atoms. The van der Waals surface area contributed by atoms with Gasteiger partial charge in [0.1, 0.15) is 0 Å². The van der Waals surface area contributed by atoms with Crippen molar-refractivity contribution in [3.63, 3.8) is 0 Å². The molecule has 82 valence electrons. The fourth-order valence-corrected chi connectivity index (χ4v) is 1.20. The number of amidine groups is 1. The van der Waals surface area contributed by atoms with Crippen molar-refractivity contribution in [1.29, 1.82) is 0 Å². The zero-order valence-electron chi connectivity index (χ0n) is 8.26. The van der Waals surface area contributed by atoms with Gasteiger partial charge in [-0.05, 0) is 5.56 Å². The van der Waals surface area contributed by atoms with Crippen LogP contribution in [0.25, 0.3) is 0 Å². The number of aliphatic hydroxyl groups is 1. The Morgan fingerprint density at radius 2 is 2.13 bits per heavy atom. The second-order valence-electron chi connectivity index (χ2n) is 2.92. The number of hydrogen-bond acceptors (Lipinski definition) is 4. The number of benzene rings is 1. The highest BCUT2D eigenvalue weighted by atomic mass is 16.5. The molecule has 0 saturated heterocycles. The minimum Gasteiger partial charge on any atom is -0.409 e. The van der Waals surface area contributed by atoms with Gasteiger partial charge < -0.3 is 20.8 Å². The molecule has 4 N–H and O–H groups in total. The van der Waals surface area contributed by atoms with Crippen LogP contribution in [-0.4, -0.2) is 29.4 Å². The smallest absolute Gasteiger partial charge is 0.170 e. The Morgan fingerprint density at radius 1 is 1.40 bits per heavy atom. The second-order valence-corrected chi connectivity index (χ2v) is 2.92. The summed E-state index contributed by atoms with van der Waals surface area (Å²) in [6, 6.07) is 7.20. The molecule has 0 bridgehead atoms. The number of oxime groups is 1. The van der Waals surface area contributed by atoms with Gasteiger partial charge in [-0.25, -0.2) is 0 Å². The van der Waals surface area contributed by atoms with E-state index in [0.717, 1.165) is 5.56 Å². The molecule has 0 spiro atoms. The zero-order valence-corrected chi connectivity index (χ0v) is 8.26. The van der Waals surface area contributed by atoms with Gasteiger partial charge in [0.25, 0.3) is 0 Å². The van der Waals surface area contributed by atoms with Crippen molar-refractivity contribution >= 4 is 5.84 Å². The highest BCUT2D eigenvalue weighted by Gasteiger charge is 2.05. The Labute approximate surface area is 87.8 Å². The Balaban J connectivity index is 2.77. The van der Waals surface area contributed by atoms with Gasteiger partial charge in [0.2, 0.25) is 0 Å². The monoisotopic (exact) mass is 210 g/mol. The van der Waals surface area contributed by atoms with E-state index in [4.69, 9.17) is 20.8 Å². The van der Waals surface area contributed by atoms with E-state index in [9.17, 15) is 0 Å². The maximum Gasteiger partial charge on any atom is 0.170 e. The van der Waals surface area contributed by atoms with Crippen LogP contribution in [0.15, 0.2) is 29.4 Å². The van der Waals surface area contributed by atoms with Crippen LogP contribution in [0.2, 0.25) is 0 Å². The lowest BCUT2D eigenvalue weighted by Gasteiger charge is -2.07. The number of hydrogen-bond donors (Lipinski definition) is 3. The van der Waals surface area contributed by atoms with Crippen LogP contribution in [-0.2, 0) is 11.3 Å². The fourth-order valence-electron chi connectivity index (χ4n) is 1.20. The molecule has 0 atom stereocenters. The van der Waals surface area contributed by atoms with Gasteiger partial charge in [0.15, 0.2) is 5.84 Å². The third-order valence-electron chi connectivity index (χ3n) is 1.89. The first-order valence-corrected chi connectivity index (χ1v) is 4.54. The van der Waals surface area contributed by atoms with Gasteiger partial charge in [-0.3, -0.25) is 0 Å². The molecule has 0 aliphatic heterocycles. The summed E-state index contributed by atoms with van der Waals surface area (Å²) in [7, 11) is 0. The number of rotatable bonds is 5. The first kappa shape index (κ1) is 11.5.